The van der Waals surface area contributed by atoms with Crippen LogP contribution >= 0.6 is 7.80 Å². The van der Waals surface area contributed by atoms with Gasteiger partial charge in [0.2, 0.25) is 0 Å². The summed E-state index contributed by atoms with van der Waals surface area (Å²) >= 11 is 0. The van der Waals surface area contributed by atoms with Gasteiger partial charge in [0.25, 0.3) is 5.91 Å². The Morgan fingerprint density at radius 3 is 2.36 bits per heavy atom. The van der Waals surface area contributed by atoms with Crippen LogP contribution in [0, 0.1) is 0 Å². The number of aliphatic hydroxyl groups excluding tert-OH is 3. The summed E-state index contributed by atoms with van der Waals surface area (Å²) in [6.45, 7) is 1.23. The second-order valence-corrected chi connectivity index (χ2v) is 4.92. The zero-order valence-corrected chi connectivity index (χ0v) is 8.47. The predicted octanol–water partition coefficient (Wildman–Crippen LogP) is -0.432. The fourth-order valence-electron chi connectivity index (χ4n) is 1.26. The number of rotatable bonds is 3. The van der Waals surface area contributed by atoms with Crippen LogP contribution in [0.25, 0.3) is 0 Å². The average Bonchev–Trinajstić information content (AvgIpc) is 2.33. The van der Waals surface area contributed by atoms with Crippen molar-refractivity contribution in [3.63, 3.8) is 0 Å². The van der Waals surface area contributed by atoms with Gasteiger partial charge >= 0.3 is 7.80 Å². The Bertz CT molecular complexity index is 226. The van der Waals surface area contributed by atoms with E-state index in [9.17, 15) is 14.1 Å². The van der Waals surface area contributed by atoms with E-state index in [1.165, 1.54) is 6.66 Å². The Morgan fingerprint density at radius 2 is 2.00 bits per heavy atom. The van der Waals surface area contributed by atoms with Crippen molar-refractivity contribution in [2.75, 3.05) is 6.66 Å². The molecule has 0 aromatic heterocycles. The fraction of sp³-hybridized carbons (Fsp3) is 1.00. The highest BCUT2D eigenvalue weighted by atomic mass is 31.1. The SMILES string of the molecule is C[P+](=O)C(F)C[C@H]1O[C@@H](O)[C@H](O)[C@@H]1O. The van der Waals surface area contributed by atoms with Crippen molar-refractivity contribution in [2.45, 2.75) is 36.9 Å². The molecule has 1 aliphatic heterocycles. The first-order valence-corrected chi connectivity index (χ1v) is 5.94. The monoisotopic (exact) mass is 227 g/mol. The molecule has 1 saturated heterocycles. The maximum Gasteiger partial charge on any atom is 0.371 e. The molecule has 1 rings (SSSR count). The Kier molecular flexibility index (Phi) is 3.92. The Labute approximate surface area is 81.3 Å². The molecule has 0 bridgehead atoms. The van der Waals surface area contributed by atoms with Crippen molar-refractivity contribution in [1.82, 2.24) is 0 Å². The number of hydrogen-bond donors (Lipinski definition) is 3. The predicted molar refractivity (Wildman–Crippen MR) is 45.9 cm³/mol. The Morgan fingerprint density at radius 1 is 1.43 bits per heavy atom. The van der Waals surface area contributed by atoms with Gasteiger partial charge < -0.3 is 20.1 Å². The first kappa shape index (κ1) is 11.9. The number of hydrogen-bond acceptors (Lipinski definition) is 5. The number of ether oxygens (including phenoxy) is 1. The topological polar surface area (TPSA) is 87.0 Å². The maximum atomic E-state index is 13.0. The number of alkyl halides is 1. The molecule has 0 saturated carbocycles. The van der Waals surface area contributed by atoms with Crippen LogP contribution in [-0.4, -0.2) is 52.5 Å². The molecule has 0 radical (unpaired) electrons. The number of halogens is 1. The summed E-state index contributed by atoms with van der Waals surface area (Å²) in [7, 11) is -2.00. The zero-order valence-electron chi connectivity index (χ0n) is 7.58. The third-order valence-electron chi connectivity index (χ3n) is 2.16. The van der Waals surface area contributed by atoms with Gasteiger partial charge in [0, 0.05) is 0 Å². The maximum absolute atomic E-state index is 13.0. The van der Waals surface area contributed by atoms with E-state index in [0.29, 0.717) is 0 Å². The van der Waals surface area contributed by atoms with Crippen molar-refractivity contribution < 1.29 is 29.0 Å². The molecule has 7 heteroatoms. The van der Waals surface area contributed by atoms with Crippen LogP contribution in [0.1, 0.15) is 6.42 Å². The molecule has 5 nitrogen and oxygen atoms in total. The van der Waals surface area contributed by atoms with E-state index < -0.39 is 38.3 Å². The molecule has 14 heavy (non-hydrogen) atoms. The minimum atomic E-state index is -2.00. The Hall–Kier alpha value is -0.130. The van der Waals surface area contributed by atoms with Gasteiger partial charge in [-0.3, -0.25) is 0 Å². The average molecular weight is 227 g/mol. The highest BCUT2D eigenvalue weighted by Crippen LogP contribution is 2.32. The van der Waals surface area contributed by atoms with Gasteiger partial charge in [0.1, 0.15) is 18.9 Å². The lowest BCUT2D eigenvalue weighted by atomic mass is 10.1. The molecule has 1 fully saturated rings. The van der Waals surface area contributed by atoms with Gasteiger partial charge in [-0.25, -0.2) is 0 Å². The van der Waals surface area contributed by atoms with E-state index in [1.807, 2.05) is 0 Å². The van der Waals surface area contributed by atoms with Crippen molar-refractivity contribution in [2.24, 2.45) is 0 Å². The van der Waals surface area contributed by atoms with E-state index in [-0.39, 0.29) is 6.42 Å². The standard InChI is InChI=1S/C7H13FO5P/c1-14(12)4(8)2-3-5(9)6(10)7(11)13-3/h3-7,9-11H,2H2,1H3/q+1/t3-,4?,5-,6-,7-/m1/s1. The van der Waals surface area contributed by atoms with E-state index >= 15 is 0 Å². The summed E-state index contributed by atoms with van der Waals surface area (Å²) in [5.74, 6) is -1.60. The van der Waals surface area contributed by atoms with Gasteiger partial charge in [-0.2, -0.15) is 4.39 Å². The second kappa shape index (κ2) is 4.59. The van der Waals surface area contributed by atoms with Crippen LogP contribution in [-0.2, 0) is 9.30 Å². The van der Waals surface area contributed by atoms with Crippen LogP contribution in [0.3, 0.4) is 0 Å². The summed E-state index contributed by atoms with van der Waals surface area (Å²) in [4.78, 5) is 0. The van der Waals surface area contributed by atoms with Crippen LogP contribution in [0.2, 0.25) is 0 Å². The molecule has 3 N–H and O–H groups in total. The van der Waals surface area contributed by atoms with Crippen LogP contribution in [0.15, 0.2) is 0 Å². The van der Waals surface area contributed by atoms with Gasteiger partial charge in [-0.05, 0) is 0 Å². The van der Waals surface area contributed by atoms with Gasteiger partial charge in [-0.1, -0.05) is 4.57 Å². The van der Waals surface area contributed by atoms with E-state index in [0.717, 1.165) is 0 Å². The first-order chi connectivity index (χ1) is 6.43. The molecule has 2 unspecified atom stereocenters. The largest absolute Gasteiger partial charge is 0.387 e. The molecule has 0 amide bonds. The van der Waals surface area contributed by atoms with Crippen molar-refractivity contribution >= 4 is 7.80 Å². The second-order valence-electron chi connectivity index (χ2n) is 3.26. The van der Waals surface area contributed by atoms with Crippen LogP contribution in [0.5, 0.6) is 0 Å². The lowest BCUT2D eigenvalue weighted by Crippen LogP contribution is -2.33. The lowest BCUT2D eigenvalue weighted by Gasteiger charge is -2.12. The molecule has 1 aliphatic rings. The van der Waals surface area contributed by atoms with Crippen LogP contribution < -0.4 is 0 Å². The fourth-order valence-corrected chi connectivity index (χ4v) is 1.77. The normalized spacial score (nSPS) is 41.1. The van der Waals surface area contributed by atoms with E-state index in [4.69, 9.17) is 14.9 Å². The molecule has 0 aromatic carbocycles. The van der Waals surface area contributed by atoms with Crippen molar-refractivity contribution in [3.05, 3.63) is 0 Å². The third kappa shape index (κ3) is 2.46. The molecule has 0 aromatic rings. The van der Waals surface area contributed by atoms with Gasteiger partial charge in [-0.15, -0.1) is 0 Å². The molecule has 0 aliphatic carbocycles. The van der Waals surface area contributed by atoms with Gasteiger partial charge in [0.15, 0.2) is 6.29 Å². The van der Waals surface area contributed by atoms with E-state index in [2.05, 4.69) is 0 Å². The minimum Gasteiger partial charge on any atom is -0.387 e. The lowest BCUT2D eigenvalue weighted by molar-refractivity contribution is -0.128. The third-order valence-corrected chi connectivity index (χ3v) is 3.16. The summed E-state index contributed by atoms with van der Waals surface area (Å²) in [5, 5.41) is 27.3. The number of aliphatic hydroxyl groups is 3. The molecule has 82 valence electrons. The zero-order chi connectivity index (χ0) is 10.9. The summed E-state index contributed by atoms with van der Waals surface area (Å²) < 4.78 is 28.4. The molecule has 6 atom stereocenters. The Balaban J connectivity index is 2.51. The van der Waals surface area contributed by atoms with Gasteiger partial charge in [0.05, 0.1) is 12.5 Å². The highest BCUT2D eigenvalue weighted by Gasteiger charge is 2.44. The molecular weight excluding hydrogens is 214 g/mol. The first-order valence-electron chi connectivity index (χ1n) is 4.17. The molecular formula is C7H13FO5P+. The molecule has 0 spiro atoms. The summed E-state index contributed by atoms with van der Waals surface area (Å²) in [6, 6.07) is 0. The van der Waals surface area contributed by atoms with Crippen LogP contribution in [0.4, 0.5) is 4.39 Å². The highest BCUT2D eigenvalue weighted by molar-refractivity contribution is 7.44. The summed E-state index contributed by atoms with van der Waals surface area (Å²) in [5.41, 5.74) is 0. The molecule has 1 heterocycles. The minimum absolute atomic E-state index is 0.291. The smallest absolute Gasteiger partial charge is 0.371 e. The summed E-state index contributed by atoms with van der Waals surface area (Å²) in [6.07, 6.45) is -5.56. The van der Waals surface area contributed by atoms with Crippen molar-refractivity contribution in [3.8, 4) is 0 Å². The van der Waals surface area contributed by atoms with E-state index in [1.54, 1.807) is 0 Å². The quantitative estimate of drug-likeness (QED) is 0.569. The van der Waals surface area contributed by atoms with Crippen molar-refractivity contribution in [1.29, 1.82) is 0 Å².